The summed E-state index contributed by atoms with van der Waals surface area (Å²) in [5.41, 5.74) is -1.33. The van der Waals surface area contributed by atoms with Crippen molar-refractivity contribution in [3.05, 3.63) is 68.5 Å². The van der Waals surface area contributed by atoms with E-state index < -0.39 is 49.5 Å². The summed E-state index contributed by atoms with van der Waals surface area (Å²) in [4.78, 5) is 35.4. The van der Waals surface area contributed by atoms with Crippen molar-refractivity contribution in [3.63, 3.8) is 0 Å². The van der Waals surface area contributed by atoms with Crippen molar-refractivity contribution in [2.75, 3.05) is 6.61 Å². The van der Waals surface area contributed by atoms with Crippen LogP contribution in [-0.2, 0) is 24.9 Å². The molecule has 0 radical (unpaired) electrons. The lowest BCUT2D eigenvalue weighted by Crippen LogP contribution is -2.35. The van der Waals surface area contributed by atoms with Crippen molar-refractivity contribution < 1.29 is 32.0 Å². The van der Waals surface area contributed by atoms with E-state index in [0.717, 1.165) is 10.8 Å². The van der Waals surface area contributed by atoms with Crippen LogP contribution in [0.5, 0.6) is 0 Å². The molecule has 150 valence electrons. The normalized spacial score (nSPS) is 29.6. The van der Waals surface area contributed by atoms with Gasteiger partial charge in [-0.1, -0.05) is 12.1 Å². The Labute approximate surface area is 157 Å². The summed E-state index contributed by atoms with van der Waals surface area (Å²) in [5, 5.41) is 0. The van der Waals surface area contributed by atoms with Crippen molar-refractivity contribution in [1.82, 2.24) is 9.55 Å². The Morgan fingerprint density at radius 3 is 2.75 bits per heavy atom. The van der Waals surface area contributed by atoms with Crippen molar-refractivity contribution >= 4 is 8.17 Å². The zero-order valence-corrected chi connectivity index (χ0v) is 15.2. The average molecular weight is 417 g/mol. The van der Waals surface area contributed by atoms with Gasteiger partial charge in [0, 0.05) is 6.42 Å². The third-order valence-electron chi connectivity index (χ3n) is 4.39. The van der Waals surface area contributed by atoms with E-state index in [9.17, 15) is 23.3 Å². The Kier molecular flexibility index (Phi) is 5.13. The highest BCUT2D eigenvalue weighted by molar-refractivity contribution is 7.55. The number of fused-ring (bicyclic) bond motifs is 1. The Balaban J connectivity index is 1.43. The van der Waals surface area contributed by atoms with Crippen LogP contribution >= 0.6 is 8.17 Å². The van der Waals surface area contributed by atoms with Crippen molar-refractivity contribution in [2.45, 2.75) is 31.5 Å². The van der Waals surface area contributed by atoms with Gasteiger partial charge >= 0.3 is 13.9 Å². The molecule has 4 atom stereocenters. The zero-order chi connectivity index (χ0) is 19.9. The molecule has 12 heteroatoms. The maximum absolute atomic E-state index is 13.5. The van der Waals surface area contributed by atoms with Gasteiger partial charge in [-0.25, -0.2) is 9.18 Å². The molecular formula is C16H16F2N2O7P+. The summed E-state index contributed by atoms with van der Waals surface area (Å²) in [6.07, 6.45) is -1.30. The van der Waals surface area contributed by atoms with Crippen LogP contribution in [0.3, 0.4) is 0 Å². The molecule has 9 nitrogen and oxygen atoms in total. The topological polar surface area (TPSA) is 112 Å². The second-order valence-electron chi connectivity index (χ2n) is 6.32. The maximum Gasteiger partial charge on any atom is 0.573 e. The fourth-order valence-electron chi connectivity index (χ4n) is 2.98. The van der Waals surface area contributed by atoms with E-state index in [1.54, 1.807) is 0 Å². The van der Waals surface area contributed by atoms with Crippen LogP contribution in [0.15, 0.2) is 40.1 Å². The predicted molar refractivity (Wildman–Crippen MR) is 91.0 cm³/mol. The number of nitrogens with one attached hydrogen (secondary N) is 1. The smallest absolute Gasteiger partial charge is 0.349 e. The van der Waals surface area contributed by atoms with Gasteiger partial charge in [-0.2, -0.15) is 13.8 Å². The summed E-state index contributed by atoms with van der Waals surface area (Å²) in [7, 11) is -3.65. The number of hydrogen-bond acceptors (Lipinski definition) is 7. The molecule has 0 bridgehead atoms. The summed E-state index contributed by atoms with van der Waals surface area (Å²) < 4.78 is 49.2. The van der Waals surface area contributed by atoms with Crippen LogP contribution < -0.4 is 11.2 Å². The molecule has 1 aromatic heterocycles. The number of nitrogens with zero attached hydrogens (tertiary/aromatic N) is 1. The van der Waals surface area contributed by atoms with Gasteiger partial charge in [0.05, 0.1) is 6.20 Å². The number of ether oxygens (including phenoxy) is 1. The number of benzene rings is 1. The third-order valence-corrected chi connectivity index (χ3v) is 5.86. The van der Waals surface area contributed by atoms with E-state index in [1.165, 1.54) is 24.3 Å². The molecule has 4 rings (SSSR count). The molecule has 2 N–H and O–H groups in total. The molecular weight excluding hydrogens is 401 g/mol. The average Bonchev–Trinajstić information content (AvgIpc) is 3.07. The van der Waals surface area contributed by atoms with Gasteiger partial charge in [0.15, 0.2) is 0 Å². The molecule has 2 aromatic rings. The van der Waals surface area contributed by atoms with E-state index in [1.807, 2.05) is 4.98 Å². The monoisotopic (exact) mass is 417 g/mol. The van der Waals surface area contributed by atoms with Crippen molar-refractivity contribution in [1.29, 1.82) is 0 Å². The van der Waals surface area contributed by atoms with E-state index >= 15 is 0 Å². The lowest BCUT2D eigenvalue weighted by Gasteiger charge is -2.26. The Hall–Kier alpha value is -2.01. The molecule has 2 aliphatic heterocycles. The van der Waals surface area contributed by atoms with E-state index in [2.05, 4.69) is 0 Å². The molecule has 2 saturated heterocycles. The molecule has 1 aromatic carbocycles. The fraction of sp³-hybridized carbons (Fsp3) is 0.375. The second-order valence-corrected chi connectivity index (χ2v) is 7.98. The Morgan fingerprint density at radius 2 is 2.00 bits per heavy atom. The molecule has 0 spiro atoms. The summed E-state index contributed by atoms with van der Waals surface area (Å²) in [6.45, 7) is -0.119. The molecule has 0 amide bonds. The highest BCUT2D eigenvalue weighted by atomic mass is 31.2. The molecule has 2 fully saturated rings. The van der Waals surface area contributed by atoms with Gasteiger partial charge in [-0.05, 0) is 17.7 Å². The first-order valence-electron chi connectivity index (χ1n) is 8.33. The summed E-state index contributed by atoms with van der Waals surface area (Å²) in [5.74, 6) is -1.52. The van der Waals surface area contributed by atoms with Gasteiger partial charge < -0.3 is 4.74 Å². The predicted octanol–water partition coefficient (Wildman–Crippen LogP) is 1.40. The lowest BCUT2D eigenvalue weighted by molar-refractivity contribution is -0.0828. The highest BCUT2D eigenvalue weighted by Gasteiger charge is 2.57. The van der Waals surface area contributed by atoms with Crippen molar-refractivity contribution in [3.8, 4) is 0 Å². The van der Waals surface area contributed by atoms with Gasteiger partial charge in [-0.15, -0.1) is 9.05 Å². The Bertz CT molecular complexity index is 982. The molecule has 28 heavy (non-hydrogen) atoms. The number of aromatic nitrogens is 2. The number of halogens is 2. The third kappa shape index (κ3) is 3.90. The molecule has 2 aliphatic rings. The number of rotatable bonds is 4. The fourth-order valence-corrected chi connectivity index (χ4v) is 4.39. The first-order valence-corrected chi connectivity index (χ1v) is 9.83. The quantitative estimate of drug-likeness (QED) is 0.724. The molecule has 1 unspecified atom stereocenters. The van der Waals surface area contributed by atoms with E-state index in [0.29, 0.717) is 5.56 Å². The minimum atomic E-state index is -3.65. The van der Waals surface area contributed by atoms with E-state index in [-0.39, 0.29) is 19.6 Å². The first kappa shape index (κ1) is 19.3. The highest BCUT2D eigenvalue weighted by Crippen LogP contribution is 2.63. The van der Waals surface area contributed by atoms with Crippen LogP contribution in [0.1, 0.15) is 18.2 Å². The van der Waals surface area contributed by atoms with Gasteiger partial charge in [0.1, 0.15) is 37.5 Å². The largest absolute Gasteiger partial charge is 0.573 e. The van der Waals surface area contributed by atoms with Gasteiger partial charge in [-0.3, -0.25) is 14.3 Å². The standard InChI is InChI=1S/C16H15F2N2O7P/c17-10-3-1-9(2-4-10)7-24-28(23)25-8-13-12(27-28)5-14(26-13)20-6-11(18)15(21)19-16(20)22/h1-4,6,12-14,23H,5,7-8H2/p+1/t12-,13+,14+,28?/m0/s1. The minimum Gasteiger partial charge on any atom is -0.349 e. The summed E-state index contributed by atoms with van der Waals surface area (Å²) in [6, 6.07) is 5.52. The number of aromatic amines is 1. The molecule has 0 aliphatic carbocycles. The first-order chi connectivity index (χ1) is 13.3. The van der Waals surface area contributed by atoms with Gasteiger partial charge in [0.2, 0.25) is 5.82 Å². The second kappa shape index (κ2) is 7.43. The van der Waals surface area contributed by atoms with Crippen LogP contribution in [0.25, 0.3) is 0 Å². The minimum absolute atomic E-state index is 0.0587. The molecule has 3 heterocycles. The van der Waals surface area contributed by atoms with Crippen LogP contribution in [-0.4, -0.2) is 33.3 Å². The maximum atomic E-state index is 13.5. The zero-order valence-electron chi connectivity index (χ0n) is 14.3. The summed E-state index contributed by atoms with van der Waals surface area (Å²) >= 11 is 0. The van der Waals surface area contributed by atoms with Crippen LogP contribution in [0.2, 0.25) is 0 Å². The SMILES string of the molecule is O=c1[nH]c(=O)n([C@H]2C[C@@H]3O[P+](O)(OCc4ccc(F)cc4)OC[C@H]3O2)cc1F. The number of hydrogen-bond donors (Lipinski definition) is 2. The van der Waals surface area contributed by atoms with Crippen molar-refractivity contribution in [2.24, 2.45) is 0 Å². The van der Waals surface area contributed by atoms with Gasteiger partial charge in [0.25, 0.3) is 5.56 Å². The molecule has 0 saturated carbocycles. The lowest BCUT2D eigenvalue weighted by atomic mass is 10.2. The van der Waals surface area contributed by atoms with E-state index in [4.69, 9.17) is 18.3 Å². The Morgan fingerprint density at radius 1 is 1.25 bits per heavy atom. The number of H-pyrrole nitrogens is 1. The van der Waals surface area contributed by atoms with Crippen LogP contribution in [0, 0.1) is 11.6 Å². The van der Waals surface area contributed by atoms with Crippen LogP contribution in [0.4, 0.5) is 8.78 Å².